The van der Waals surface area contributed by atoms with E-state index in [1.807, 2.05) is 0 Å². The van der Waals surface area contributed by atoms with Crippen molar-refractivity contribution in [1.82, 2.24) is 9.78 Å². The molecule has 0 aliphatic carbocycles. The number of nitro groups is 1. The molecule has 2 amide bonds. The Morgan fingerprint density at radius 3 is 2.23 bits per heavy atom. The fourth-order valence-corrected chi connectivity index (χ4v) is 2.78. The number of nitrogens with one attached hydrogen (secondary N) is 2. The van der Waals surface area contributed by atoms with Crippen LogP contribution in [0.4, 0.5) is 17.1 Å². The quantitative estimate of drug-likeness (QED) is 0.493. The predicted molar refractivity (Wildman–Crippen MR) is 110 cm³/mol. The van der Waals surface area contributed by atoms with Gasteiger partial charge in [0.05, 0.1) is 4.92 Å². The van der Waals surface area contributed by atoms with Gasteiger partial charge in [-0.05, 0) is 37.3 Å². The Hall–Kier alpha value is -4.34. The molecule has 10 heteroatoms. The smallest absolute Gasteiger partial charge is 0.294 e. The summed E-state index contributed by atoms with van der Waals surface area (Å²) in [5.74, 6) is -0.995. The molecular weight excluding hydrogens is 390 g/mol. The maximum Gasteiger partial charge on any atom is 0.294 e. The largest absolute Gasteiger partial charge is 0.326 e. The number of aryl methyl sites for hydroxylation is 1. The SMILES string of the molecule is CC(=O)Nc1ccc(NC(=O)c2nn(-c3ccccc3[N+](=O)[O-])c(C)cc2=O)cc1. The van der Waals surface area contributed by atoms with Gasteiger partial charge in [0, 0.05) is 36.1 Å². The molecule has 0 radical (unpaired) electrons. The number of hydrogen-bond acceptors (Lipinski definition) is 6. The van der Waals surface area contributed by atoms with Crippen molar-refractivity contribution in [2.24, 2.45) is 0 Å². The van der Waals surface area contributed by atoms with Crippen LogP contribution in [0.3, 0.4) is 0 Å². The second-order valence-electron chi connectivity index (χ2n) is 6.37. The van der Waals surface area contributed by atoms with Gasteiger partial charge in [0.1, 0.15) is 5.69 Å². The lowest BCUT2D eigenvalue weighted by Crippen LogP contribution is -2.27. The Labute approximate surface area is 170 Å². The molecule has 3 rings (SSSR count). The highest BCUT2D eigenvalue weighted by molar-refractivity contribution is 6.02. The highest BCUT2D eigenvalue weighted by atomic mass is 16.6. The van der Waals surface area contributed by atoms with Crippen molar-refractivity contribution in [3.63, 3.8) is 0 Å². The zero-order chi connectivity index (χ0) is 21.8. The number of rotatable bonds is 5. The number of hydrogen-bond donors (Lipinski definition) is 2. The third-order valence-electron chi connectivity index (χ3n) is 4.09. The third-order valence-corrected chi connectivity index (χ3v) is 4.09. The molecule has 0 unspecified atom stereocenters. The summed E-state index contributed by atoms with van der Waals surface area (Å²) in [6.45, 7) is 2.94. The van der Waals surface area contributed by atoms with E-state index in [-0.39, 0.29) is 17.3 Å². The first kappa shape index (κ1) is 20.4. The van der Waals surface area contributed by atoms with Crippen molar-refractivity contribution in [2.45, 2.75) is 13.8 Å². The fraction of sp³-hybridized carbons (Fsp3) is 0.100. The van der Waals surface area contributed by atoms with Crippen molar-refractivity contribution in [3.05, 3.63) is 86.3 Å². The van der Waals surface area contributed by atoms with Gasteiger partial charge in [-0.1, -0.05) is 12.1 Å². The van der Waals surface area contributed by atoms with Crippen LogP contribution in [0.1, 0.15) is 23.1 Å². The summed E-state index contributed by atoms with van der Waals surface area (Å²) in [6.07, 6.45) is 0. The molecule has 0 aliphatic heterocycles. The van der Waals surface area contributed by atoms with E-state index in [2.05, 4.69) is 15.7 Å². The van der Waals surface area contributed by atoms with Gasteiger partial charge < -0.3 is 10.6 Å². The normalized spacial score (nSPS) is 10.3. The summed E-state index contributed by atoms with van der Waals surface area (Å²) < 4.78 is 1.19. The molecule has 0 aliphatic rings. The van der Waals surface area contributed by atoms with E-state index in [1.165, 1.54) is 35.9 Å². The van der Waals surface area contributed by atoms with E-state index in [0.717, 1.165) is 0 Å². The van der Waals surface area contributed by atoms with Crippen molar-refractivity contribution >= 4 is 28.9 Å². The first-order valence-electron chi connectivity index (χ1n) is 8.80. The Morgan fingerprint density at radius 1 is 1.03 bits per heavy atom. The number of para-hydroxylation sites is 2. The number of aromatic nitrogens is 2. The summed E-state index contributed by atoms with van der Waals surface area (Å²) in [6, 6.07) is 13.4. The van der Waals surface area contributed by atoms with Gasteiger partial charge in [0.2, 0.25) is 11.3 Å². The minimum absolute atomic E-state index is 0.133. The van der Waals surface area contributed by atoms with E-state index in [0.29, 0.717) is 17.1 Å². The summed E-state index contributed by atoms with van der Waals surface area (Å²) in [5, 5.41) is 20.5. The summed E-state index contributed by atoms with van der Waals surface area (Å²) in [4.78, 5) is 46.8. The zero-order valence-corrected chi connectivity index (χ0v) is 16.1. The van der Waals surface area contributed by atoms with Crippen LogP contribution in [-0.4, -0.2) is 26.5 Å². The van der Waals surface area contributed by atoms with Crippen molar-refractivity contribution in [3.8, 4) is 5.69 Å². The van der Waals surface area contributed by atoms with Gasteiger partial charge in [0.15, 0.2) is 5.69 Å². The van der Waals surface area contributed by atoms with Crippen LogP contribution in [0.15, 0.2) is 59.4 Å². The average molecular weight is 407 g/mol. The van der Waals surface area contributed by atoms with Crippen molar-refractivity contribution < 1.29 is 14.5 Å². The Morgan fingerprint density at radius 2 is 1.63 bits per heavy atom. The van der Waals surface area contributed by atoms with Crippen molar-refractivity contribution in [2.75, 3.05) is 10.6 Å². The number of carbonyl (C=O) groups is 2. The number of nitrogens with zero attached hydrogens (tertiary/aromatic N) is 3. The molecule has 10 nitrogen and oxygen atoms in total. The molecule has 0 bridgehead atoms. The van der Waals surface area contributed by atoms with Crippen LogP contribution < -0.4 is 16.1 Å². The fourth-order valence-electron chi connectivity index (χ4n) is 2.78. The summed E-state index contributed by atoms with van der Waals surface area (Å²) in [5.41, 5.74) is 0.163. The van der Waals surface area contributed by atoms with Crippen LogP contribution in [0, 0.1) is 17.0 Å². The summed E-state index contributed by atoms with van der Waals surface area (Å²) in [7, 11) is 0. The van der Waals surface area contributed by atoms with Crippen LogP contribution in [0.2, 0.25) is 0 Å². The lowest BCUT2D eigenvalue weighted by Gasteiger charge is -2.12. The molecule has 2 N–H and O–H groups in total. The Kier molecular flexibility index (Phi) is 5.68. The maximum atomic E-state index is 12.6. The van der Waals surface area contributed by atoms with E-state index >= 15 is 0 Å². The monoisotopic (exact) mass is 407 g/mol. The maximum absolute atomic E-state index is 12.6. The molecule has 1 heterocycles. The lowest BCUT2D eigenvalue weighted by atomic mass is 10.2. The van der Waals surface area contributed by atoms with E-state index < -0.39 is 22.0 Å². The molecular formula is C20H17N5O5. The van der Waals surface area contributed by atoms with Crippen LogP contribution in [-0.2, 0) is 4.79 Å². The minimum atomic E-state index is -0.764. The van der Waals surface area contributed by atoms with Gasteiger partial charge in [-0.2, -0.15) is 5.10 Å². The second kappa shape index (κ2) is 8.35. The molecule has 2 aromatic carbocycles. The zero-order valence-electron chi connectivity index (χ0n) is 16.1. The first-order valence-corrected chi connectivity index (χ1v) is 8.80. The van der Waals surface area contributed by atoms with E-state index in [1.54, 1.807) is 37.3 Å². The lowest BCUT2D eigenvalue weighted by molar-refractivity contribution is -0.384. The molecule has 30 heavy (non-hydrogen) atoms. The predicted octanol–water partition coefficient (Wildman–Crippen LogP) is 2.66. The number of carbonyl (C=O) groups excluding carboxylic acids is 2. The van der Waals surface area contributed by atoms with Gasteiger partial charge in [0.25, 0.3) is 11.6 Å². The Balaban J connectivity index is 1.94. The topological polar surface area (TPSA) is 136 Å². The van der Waals surface area contributed by atoms with Gasteiger partial charge >= 0.3 is 0 Å². The molecule has 0 spiro atoms. The standard InChI is InChI=1S/C20H17N5O5/c1-12-11-18(27)19(23-24(12)16-5-3-4-6-17(16)25(29)30)20(28)22-15-9-7-14(8-10-15)21-13(2)26/h3-11H,1-2H3,(H,21,26)(H,22,28). The highest BCUT2D eigenvalue weighted by Gasteiger charge is 2.20. The minimum Gasteiger partial charge on any atom is -0.326 e. The summed E-state index contributed by atoms with van der Waals surface area (Å²) >= 11 is 0. The van der Waals surface area contributed by atoms with Gasteiger partial charge in [-0.25, -0.2) is 4.68 Å². The van der Waals surface area contributed by atoms with Gasteiger partial charge in [-0.3, -0.25) is 24.5 Å². The molecule has 152 valence electrons. The molecule has 0 saturated carbocycles. The number of anilines is 2. The van der Waals surface area contributed by atoms with Crippen LogP contribution in [0.5, 0.6) is 0 Å². The first-order chi connectivity index (χ1) is 14.3. The van der Waals surface area contributed by atoms with Crippen LogP contribution >= 0.6 is 0 Å². The Bertz CT molecular complexity index is 1200. The number of benzene rings is 2. The second-order valence-corrected chi connectivity index (χ2v) is 6.37. The van der Waals surface area contributed by atoms with E-state index in [9.17, 15) is 24.5 Å². The highest BCUT2D eigenvalue weighted by Crippen LogP contribution is 2.22. The van der Waals surface area contributed by atoms with Gasteiger partial charge in [-0.15, -0.1) is 0 Å². The van der Waals surface area contributed by atoms with Crippen molar-refractivity contribution in [1.29, 1.82) is 0 Å². The third kappa shape index (κ3) is 4.38. The molecule has 1 aromatic heterocycles. The number of amides is 2. The van der Waals surface area contributed by atoms with Crippen LogP contribution in [0.25, 0.3) is 5.69 Å². The molecule has 0 saturated heterocycles. The van der Waals surface area contributed by atoms with E-state index in [4.69, 9.17) is 0 Å². The molecule has 3 aromatic rings. The average Bonchev–Trinajstić information content (AvgIpc) is 2.69. The molecule has 0 atom stereocenters. The molecule has 0 fully saturated rings. The number of nitro benzene ring substituents is 1.